The van der Waals surface area contributed by atoms with Gasteiger partial charge in [-0.05, 0) is 67.3 Å². The lowest BCUT2D eigenvalue weighted by atomic mass is 9.71. The van der Waals surface area contributed by atoms with Crippen molar-refractivity contribution in [2.24, 2.45) is 5.41 Å². The summed E-state index contributed by atoms with van der Waals surface area (Å²) in [5, 5.41) is 31.6. The summed E-state index contributed by atoms with van der Waals surface area (Å²) in [4.78, 5) is 14.0. The molecule has 2 aromatic carbocycles. The lowest BCUT2D eigenvalue weighted by molar-refractivity contribution is 0.0113. The number of rotatable bonds is 14. The van der Waals surface area contributed by atoms with Crippen LogP contribution in [0.15, 0.2) is 59.5 Å². The minimum Gasteiger partial charge on any atom is -0.497 e. The van der Waals surface area contributed by atoms with Crippen molar-refractivity contribution in [3.63, 3.8) is 0 Å². The van der Waals surface area contributed by atoms with Crippen LogP contribution in [0.3, 0.4) is 0 Å². The number of hydrogen-bond acceptors (Lipinski definition) is 7. The highest BCUT2D eigenvalue weighted by Gasteiger charge is 2.42. The van der Waals surface area contributed by atoms with Crippen molar-refractivity contribution >= 4 is 16.1 Å². The highest BCUT2D eigenvalue weighted by atomic mass is 32.2. The Morgan fingerprint density at radius 1 is 1.14 bits per heavy atom. The molecular weight excluding hydrogens is 570 g/mol. The zero-order valence-electron chi connectivity index (χ0n) is 24.8. The summed E-state index contributed by atoms with van der Waals surface area (Å²) in [6.45, 7) is 0.479. The Morgan fingerprint density at radius 2 is 1.84 bits per heavy atom. The first-order valence-electron chi connectivity index (χ1n) is 15.0. The molecule has 0 bridgehead atoms. The van der Waals surface area contributed by atoms with Gasteiger partial charge in [-0.25, -0.2) is 13.2 Å². The smallest absolute Gasteiger partial charge is 0.407 e. The van der Waals surface area contributed by atoms with E-state index in [2.05, 4.69) is 6.07 Å². The van der Waals surface area contributed by atoms with Gasteiger partial charge in [0.2, 0.25) is 10.0 Å². The number of carboxylic acid groups (broad SMARTS) is 1. The molecule has 2 aliphatic rings. The third-order valence-electron chi connectivity index (χ3n) is 8.89. The van der Waals surface area contributed by atoms with Gasteiger partial charge >= 0.3 is 6.09 Å². The zero-order valence-corrected chi connectivity index (χ0v) is 25.6. The number of aliphatic hydroxyl groups is 1. The number of nitrogens with zero attached hydrogens (tertiary/aromatic N) is 3. The first-order valence-corrected chi connectivity index (χ1v) is 16.5. The SMILES string of the molecule is COc1ccc(S(=O)(=O)N(C[C@@H](O)[C@H](Cc2ccccc2)N(C(=O)O)C2CCOC2)CC2(CCC#N)CCCCC2)cc1. The lowest BCUT2D eigenvalue weighted by Crippen LogP contribution is -2.56. The minimum atomic E-state index is -4.11. The summed E-state index contributed by atoms with van der Waals surface area (Å²) >= 11 is 0. The molecule has 1 heterocycles. The fraction of sp³-hybridized carbons (Fsp3) is 0.562. The van der Waals surface area contributed by atoms with E-state index in [0.29, 0.717) is 31.6 Å². The van der Waals surface area contributed by atoms with Gasteiger partial charge < -0.3 is 19.7 Å². The Kier molecular flexibility index (Phi) is 11.4. The van der Waals surface area contributed by atoms with Crippen molar-refractivity contribution < 1.29 is 32.9 Å². The Hall–Kier alpha value is -3.17. The molecular formula is C32H43N3O7S. The first kappa shape index (κ1) is 32.7. The second-order valence-corrected chi connectivity index (χ2v) is 13.7. The molecule has 1 aliphatic carbocycles. The highest BCUT2D eigenvalue weighted by Crippen LogP contribution is 2.42. The van der Waals surface area contributed by atoms with Crippen LogP contribution in [0.5, 0.6) is 5.75 Å². The van der Waals surface area contributed by atoms with Crippen molar-refractivity contribution in [2.45, 2.75) is 80.9 Å². The molecule has 234 valence electrons. The van der Waals surface area contributed by atoms with Crippen LogP contribution in [-0.4, -0.2) is 85.5 Å². The first-order chi connectivity index (χ1) is 20.7. The minimum absolute atomic E-state index is 0.0608. The van der Waals surface area contributed by atoms with Crippen molar-refractivity contribution in [3.8, 4) is 11.8 Å². The van der Waals surface area contributed by atoms with Crippen LogP contribution in [0.2, 0.25) is 0 Å². The molecule has 10 nitrogen and oxygen atoms in total. The second kappa shape index (κ2) is 15.0. The second-order valence-electron chi connectivity index (χ2n) is 11.7. The molecule has 2 fully saturated rings. The number of ether oxygens (including phenoxy) is 2. The third kappa shape index (κ3) is 8.26. The average molecular weight is 614 g/mol. The van der Waals surface area contributed by atoms with E-state index < -0.39 is 39.7 Å². The molecule has 1 saturated carbocycles. The molecule has 0 radical (unpaired) electrons. The normalized spacial score (nSPS) is 19.8. The van der Waals surface area contributed by atoms with Gasteiger partial charge in [-0.3, -0.25) is 4.90 Å². The van der Waals surface area contributed by atoms with E-state index in [9.17, 15) is 28.7 Å². The van der Waals surface area contributed by atoms with Gasteiger partial charge in [0.15, 0.2) is 0 Å². The predicted octanol–water partition coefficient (Wildman–Crippen LogP) is 4.68. The number of benzene rings is 2. The van der Waals surface area contributed by atoms with Gasteiger partial charge in [0.25, 0.3) is 0 Å². The number of amides is 1. The summed E-state index contributed by atoms with van der Waals surface area (Å²) in [6, 6.07) is 16.3. The molecule has 1 saturated heterocycles. The number of hydrogen-bond donors (Lipinski definition) is 2. The van der Waals surface area contributed by atoms with Crippen LogP contribution in [0.4, 0.5) is 4.79 Å². The Bertz CT molecular complexity index is 1320. The van der Waals surface area contributed by atoms with E-state index in [1.165, 1.54) is 28.4 Å². The maximum Gasteiger partial charge on any atom is 0.407 e. The van der Waals surface area contributed by atoms with Crippen LogP contribution in [0.25, 0.3) is 0 Å². The fourth-order valence-corrected chi connectivity index (χ4v) is 8.12. The van der Waals surface area contributed by atoms with Crippen LogP contribution in [0, 0.1) is 16.7 Å². The number of sulfonamides is 1. The van der Waals surface area contributed by atoms with Gasteiger partial charge in [0.05, 0.1) is 42.9 Å². The molecule has 1 unspecified atom stereocenters. The quantitative estimate of drug-likeness (QED) is 0.313. The van der Waals surface area contributed by atoms with Crippen molar-refractivity contribution in [1.82, 2.24) is 9.21 Å². The number of carbonyl (C=O) groups is 1. The van der Waals surface area contributed by atoms with Crippen molar-refractivity contribution in [2.75, 3.05) is 33.4 Å². The monoisotopic (exact) mass is 613 g/mol. The van der Waals surface area contributed by atoms with Gasteiger partial charge in [0.1, 0.15) is 5.75 Å². The summed E-state index contributed by atoms with van der Waals surface area (Å²) in [7, 11) is -2.61. The third-order valence-corrected chi connectivity index (χ3v) is 10.7. The standard InChI is InChI=1S/C32H43N3O7S/c1-41-27-11-13-28(14-12-27)43(39,40)34(24-32(18-8-19-33)16-6-3-7-17-32)22-30(36)29(21-25-9-4-2-5-10-25)35(31(37)38)26-15-20-42-23-26/h2,4-5,9-14,26,29-30,36H,3,6-8,15-18,20-24H2,1H3,(H,37,38)/t26?,29-,30+/m0/s1. The van der Waals surface area contributed by atoms with Gasteiger partial charge in [-0.1, -0.05) is 49.6 Å². The van der Waals surface area contributed by atoms with Crippen LogP contribution >= 0.6 is 0 Å². The summed E-state index contributed by atoms with van der Waals surface area (Å²) in [5.74, 6) is 0.516. The lowest BCUT2D eigenvalue weighted by Gasteiger charge is -2.42. The van der Waals surface area contributed by atoms with Crippen LogP contribution in [-0.2, 0) is 21.2 Å². The van der Waals surface area contributed by atoms with Crippen LogP contribution < -0.4 is 4.74 Å². The molecule has 2 N–H and O–H groups in total. The molecule has 1 amide bonds. The van der Waals surface area contributed by atoms with E-state index in [1.54, 1.807) is 12.1 Å². The number of aliphatic hydroxyl groups excluding tert-OH is 1. The Morgan fingerprint density at radius 3 is 2.42 bits per heavy atom. The molecule has 2 aromatic rings. The maximum absolute atomic E-state index is 14.3. The van der Waals surface area contributed by atoms with Crippen molar-refractivity contribution in [3.05, 3.63) is 60.2 Å². The molecule has 11 heteroatoms. The van der Waals surface area contributed by atoms with Gasteiger partial charge in [0, 0.05) is 26.1 Å². The predicted molar refractivity (Wildman–Crippen MR) is 161 cm³/mol. The highest BCUT2D eigenvalue weighted by molar-refractivity contribution is 7.89. The largest absolute Gasteiger partial charge is 0.497 e. The molecule has 43 heavy (non-hydrogen) atoms. The van der Waals surface area contributed by atoms with Crippen molar-refractivity contribution in [1.29, 1.82) is 5.26 Å². The molecule has 0 aromatic heterocycles. The van der Waals surface area contributed by atoms with Gasteiger partial charge in [-0.15, -0.1) is 0 Å². The van der Waals surface area contributed by atoms with E-state index in [-0.39, 0.29) is 31.0 Å². The zero-order chi connectivity index (χ0) is 30.9. The van der Waals surface area contributed by atoms with E-state index >= 15 is 0 Å². The Balaban J connectivity index is 1.72. The number of methoxy groups -OCH3 is 1. The maximum atomic E-state index is 14.3. The average Bonchev–Trinajstić information content (AvgIpc) is 3.54. The molecule has 3 atom stereocenters. The van der Waals surface area contributed by atoms with E-state index in [4.69, 9.17) is 9.47 Å². The van der Waals surface area contributed by atoms with Crippen LogP contribution in [0.1, 0.15) is 56.9 Å². The Labute approximate surface area is 254 Å². The summed E-state index contributed by atoms with van der Waals surface area (Å²) in [5.41, 5.74) is 0.424. The topological polar surface area (TPSA) is 140 Å². The molecule has 4 rings (SSSR count). The van der Waals surface area contributed by atoms with E-state index in [0.717, 1.165) is 37.7 Å². The van der Waals surface area contributed by atoms with Gasteiger partial charge in [-0.2, -0.15) is 9.57 Å². The summed E-state index contributed by atoms with van der Waals surface area (Å²) < 4.78 is 40.6. The molecule has 0 spiro atoms. The fourth-order valence-electron chi connectivity index (χ4n) is 6.54. The van der Waals surface area contributed by atoms with E-state index in [1.807, 2.05) is 30.3 Å². The number of nitriles is 1. The summed E-state index contributed by atoms with van der Waals surface area (Å²) in [6.07, 6.45) is 3.56. The molecule has 1 aliphatic heterocycles.